The van der Waals surface area contributed by atoms with Crippen LogP contribution in [0.15, 0.2) is 30.5 Å². The fraction of sp³-hybridized carbons (Fsp3) is 0.412. The van der Waals surface area contributed by atoms with Crippen LogP contribution in [0.25, 0.3) is 10.9 Å². The summed E-state index contributed by atoms with van der Waals surface area (Å²) in [5, 5.41) is 7.64. The van der Waals surface area contributed by atoms with Crippen LogP contribution in [0.1, 0.15) is 6.42 Å². The quantitative estimate of drug-likeness (QED) is 0.608. The molecule has 0 radical (unpaired) electrons. The maximum absolute atomic E-state index is 11.9. The van der Waals surface area contributed by atoms with Gasteiger partial charge in [0, 0.05) is 56.5 Å². The fourth-order valence-electron chi connectivity index (χ4n) is 2.43. The standard InChI is InChI=1S/C17H24ClN5O3S/c1-22(2)27(25,26)23(3)12-17(24)21-9-4-8-19-15-7-10-20-16-11-13(18)5-6-14(15)16/h5-7,10-11H,4,8-9,12H2,1-3H3,(H,19,20)(H,21,24). The lowest BCUT2D eigenvalue weighted by atomic mass is 10.2. The van der Waals surface area contributed by atoms with Crippen molar-refractivity contribution in [3.05, 3.63) is 35.5 Å². The van der Waals surface area contributed by atoms with Gasteiger partial charge in [0.15, 0.2) is 0 Å². The van der Waals surface area contributed by atoms with E-state index in [1.165, 1.54) is 21.1 Å². The van der Waals surface area contributed by atoms with Crippen molar-refractivity contribution in [2.45, 2.75) is 6.42 Å². The molecule has 0 saturated heterocycles. The van der Waals surface area contributed by atoms with E-state index in [1.54, 1.807) is 12.3 Å². The summed E-state index contributed by atoms with van der Waals surface area (Å²) in [6.45, 7) is 0.869. The molecule has 1 amide bonds. The van der Waals surface area contributed by atoms with Gasteiger partial charge in [-0.15, -0.1) is 0 Å². The van der Waals surface area contributed by atoms with E-state index in [1.807, 2.05) is 18.2 Å². The highest BCUT2D eigenvalue weighted by molar-refractivity contribution is 7.86. The molecule has 10 heteroatoms. The number of nitrogens with zero attached hydrogens (tertiary/aromatic N) is 3. The van der Waals surface area contributed by atoms with Crippen LogP contribution in [0, 0.1) is 0 Å². The van der Waals surface area contributed by atoms with E-state index < -0.39 is 10.2 Å². The number of nitrogens with one attached hydrogen (secondary N) is 2. The van der Waals surface area contributed by atoms with Crippen LogP contribution >= 0.6 is 11.6 Å². The summed E-state index contributed by atoms with van der Waals surface area (Å²) < 4.78 is 25.8. The molecule has 2 rings (SSSR count). The normalized spacial score (nSPS) is 11.9. The number of benzene rings is 1. The molecule has 0 atom stereocenters. The molecular formula is C17H24ClN5O3S. The van der Waals surface area contributed by atoms with E-state index in [0.717, 1.165) is 25.2 Å². The third-order valence-electron chi connectivity index (χ3n) is 3.92. The zero-order valence-electron chi connectivity index (χ0n) is 15.6. The minimum absolute atomic E-state index is 0.219. The van der Waals surface area contributed by atoms with E-state index in [0.29, 0.717) is 24.5 Å². The van der Waals surface area contributed by atoms with Crippen LogP contribution in [-0.2, 0) is 15.0 Å². The second kappa shape index (κ2) is 9.32. The smallest absolute Gasteiger partial charge is 0.281 e. The highest BCUT2D eigenvalue weighted by atomic mass is 35.5. The van der Waals surface area contributed by atoms with Gasteiger partial charge >= 0.3 is 0 Å². The van der Waals surface area contributed by atoms with Crippen molar-refractivity contribution in [1.29, 1.82) is 0 Å². The predicted octanol–water partition coefficient (Wildman–Crippen LogP) is 1.54. The maximum Gasteiger partial charge on any atom is 0.281 e. The number of hydrogen-bond acceptors (Lipinski definition) is 5. The van der Waals surface area contributed by atoms with E-state index in [9.17, 15) is 13.2 Å². The van der Waals surface area contributed by atoms with Gasteiger partial charge < -0.3 is 10.6 Å². The summed E-state index contributed by atoms with van der Waals surface area (Å²) in [5.41, 5.74) is 1.76. The summed E-state index contributed by atoms with van der Waals surface area (Å²) in [6, 6.07) is 7.42. The Balaban J connectivity index is 1.77. The molecule has 0 fully saturated rings. The fourth-order valence-corrected chi connectivity index (χ4v) is 3.44. The molecule has 0 aliphatic carbocycles. The Labute approximate surface area is 164 Å². The van der Waals surface area contributed by atoms with Gasteiger partial charge in [-0.05, 0) is 30.7 Å². The number of carbonyl (C=O) groups excluding carboxylic acids is 1. The van der Waals surface area contributed by atoms with E-state index in [2.05, 4.69) is 15.6 Å². The average Bonchev–Trinajstić information content (AvgIpc) is 2.60. The number of anilines is 1. The van der Waals surface area contributed by atoms with Gasteiger partial charge in [-0.1, -0.05) is 11.6 Å². The van der Waals surface area contributed by atoms with Crippen LogP contribution in [-0.4, -0.2) is 68.7 Å². The van der Waals surface area contributed by atoms with E-state index >= 15 is 0 Å². The second-order valence-corrected chi connectivity index (χ2v) is 8.88. The third-order valence-corrected chi connectivity index (χ3v) is 5.99. The molecule has 1 heterocycles. The van der Waals surface area contributed by atoms with Crippen molar-refractivity contribution in [3.63, 3.8) is 0 Å². The monoisotopic (exact) mass is 413 g/mol. The van der Waals surface area contributed by atoms with Gasteiger partial charge in [0.1, 0.15) is 0 Å². The lowest BCUT2D eigenvalue weighted by Gasteiger charge is -2.20. The first-order valence-corrected chi connectivity index (χ1v) is 10.2. The summed E-state index contributed by atoms with van der Waals surface area (Å²) in [4.78, 5) is 16.2. The summed E-state index contributed by atoms with van der Waals surface area (Å²) >= 11 is 5.98. The Morgan fingerprint density at radius 1 is 1.19 bits per heavy atom. The number of fused-ring (bicyclic) bond motifs is 1. The minimum Gasteiger partial charge on any atom is -0.384 e. The lowest BCUT2D eigenvalue weighted by Crippen LogP contribution is -2.43. The molecule has 1 aromatic carbocycles. The molecule has 0 bridgehead atoms. The Hall–Kier alpha value is -1.94. The van der Waals surface area contributed by atoms with Gasteiger partial charge in [0.2, 0.25) is 5.91 Å². The van der Waals surface area contributed by atoms with Gasteiger partial charge in [0.25, 0.3) is 10.2 Å². The number of likely N-dealkylation sites (N-methyl/N-ethyl adjacent to an activating group) is 1. The van der Waals surface area contributed by atoms with Crippen molar-refractivity contribution in [1.82, 2.24) is 18.9 Å². The largest absolute Gasteiger partial charge is 0.384 e. The first-order valence-electron chi connectivity index (χ1n) is 8.40. The molecule has 148 valence electrons. The van der Waals surface area contributed by atoms with E-state index in [4.69, 9.17) is 11.6 Å². The van der Waals surface area contributed by atoms with Crippen molar-refractivity contribution in [2.75, 3.05) is 46.1 Å². The molecule has 0 spiro atoms. The molecule has 2 N–H and O–H groups in total. The molecular weight excluding hydrogens is 390 g/mol. The van der Waals surface area contributed by atoms with Crippen molar-refractivity contribution in [2.24, 2.45) is 0 Å². The SMILES string of the molecule is CN(C)S(=O)(=O)N(C)CC(=O)NCCCNc1ccnc2cc(Cl)ccc12. The number of amides is 1. The molecule has 27 heavy (non-hydrogen) atoms. The maximum atomic E-state index is 11.9. The van der Waals surface area contributed by atoms with Crippen molar-refractivity contribution >= 4 is 44.3 Å². The number of aromatic nitrogens is 1. The summed E-state index contributed by atoms with van der Waals surface area (Å²) in [6.07, 6.45) is 2.40. The number of rotatable bonds is 9. The van der Waals surface area contributed by atoms with Gasteiger partial charge in [0.05, 0.1) is 12.1 Å². The summed E-state index contributed by atoms with van der Waals surface area (Å²) in [5.74, 6) is -0.341. The van der Waals surface area contributed by atoms with Crippen LogP contribution in [0.5, 0.6) is 0 Å². The Kier molecular flexibility index (Phi) is 7.37. The number of halogens is 1. The van der Waals surface area contributed by atoms with Crippen LogP contribution in [0.4, 0.5) is 5.69 Å². The first kappa shape index (κ1) is 21.4. The zero-order valence-corrected chi connectivity index (χ0v) is 17.1. The number of pyridine rings is 1. The molecule has 1 aromatic heterocycles. The molecule has 2 aromatic rings. The van der Waals surface area contributed by atoms with Gasteiger partial charge in [-0.3, -0.25) is 9.78 Å². The summed E-state index contributed by atoms with van der Waals surface area (Å²) in [7, 11) is 0.629. The Morgan fingerprint density at radius 2 is 1.93 bits per heavy atom. The predicted molar refractivity (Wildman–Crippen MR) is 108 cm³/mol. The molecule has 0 saturated carbocycles. The minimum atomic E-state index is -3.59. The van der Waals surface area contributed by atoms with Crippen molar-refractivity contribution < 1.29 is 13.2 Å². The lowest BCUT2D eigenvalue weighted by molar-refractivity contribution is -0.121. The molecule has 0 aliphatic heterocycles. The first-order chi connectivity index (χ1) is 12.7. The zero-order chi connectivity index (χ0) is 20.0. The highest BCUT2D eigenvalue weighted by Crippen LogP contribution is 2.24. The van der Waals surface area contributed by atoms with Gasteiger partial charge in [-0.2, -0.15) is 17.0 Å². The van der Waals surface area contributed by atoms with Gasteiger partial charge in [-0.25, -0.2) is 0 Å². The number of carbonyl (C=O) groups is 1. The average molecular weight is 414 g/mol. The Bertz CT molecular complexity index is 905. The third kappa shape index (κ3) is 5.77. The van der Waals surface area contributed by atoms with Crippen LogP contribution in [0.2, 0.25) is 5.02 Å². The van der Waals surface area contributed by atoms with Crippen molar-refractivity contribution in [3.8, 4) is 0 Å². The molecule has 0 unspecified atom stereocenters. The molecule has 0 aliphatic rings. The van der Waals surface area contributed by atoms with E-state index in [-0.39, 0.29) is 12.5 Å². The number of hydrogen-bond donors (Lipinski definition) is 2. The molecule has 8 nitrogen and oxygen atoms in total. The highest BCUT2D eigenvalue weighted by Gasteiger charge is 2.22. The topological polar surface area (TPSA) is 94.6 Å². The van der Waals surface area contributed by atoms with Crippen LogP contribution in [0.3, 0.4) is 0 Å². The second-order valence-electron chi connectivity index (χ2n) is 6.20. The Morgan fingerprint density at radius 3 is 2.63 bits per heavy atom. The van der Waals surface area contributed by atoms with Crippen LogP contribution < -0.4 is 10.6 Å².